The summed E-state index contributed by atoms with van der Waals surface area (Å²) in [5, 5.41) is 11.6. The molecule has 0 fully saturated rings. The molecule has 22 heavy (non-hydrogen) atoms. The number of hydrogen-bond acceptors (Lipinski definition) is 3. The van der Waals surface area contributed by atoms with Crippen LogP contribution in [0.15, 0.2) is 30.3 Å². The predicted octanol–water partition coefficient (Wildman–Crippen LogP) is 3.13. The highest BCUT2D eigenvalue weighted by molar-refractivity contribution is 6.67. The summed E-state index contributed by atoms with van der Waals surface area (Å²) >= 11 is 16.4. The molecule has 0 radical (unpaired) electrons. The lowest BCUT2D eigenvalue weighted by atomic mass is 10.1. The number of carbonyl (C=O) groups excluding carboxylic acids is 1. The standard InChI is InChI=1S/C15H16Cl3NO3/c16-15(17,18)11-22-14(21)19-10-13(8-9-20)7-6-12-4-2-1-3-5-12/h1-5,13,20H,8-11H2,(H,19,21). The molecule has 0 bridgehead atoms. The van der Waals surface area contributed by atoms with Crippen LogP contribution in [-0.2, 0) is 4.74 Å². The highest BCUT2D eigenvalue weighted by Crippen LogP contribution is 2.25. The molecule has 1 rings (SSSR count). The van der Waals surface area contributed by atoms with Gasteiger partial charge < -0.3 is 15.2 Å². The third-order valence-electron chi connectivity index (χ3n) is 2.53. The molecule has 0 spiro atoms. The minimum atomic E-state index is -1.64. The molecule has 1 aromatic rings. The number of alkyl carbamates (subject to hydrolysis) is 1. The molecule has 120 valence electrons. The molecule has 0 aliphatic carbocycles. The van der Waals surface area contributed by atoms with Crippen LogP contribution in [0.3, 0.4) is 0 Å². The number of alkyl halides is 3. The lowest BCUT2D eigenvalue weighted by Crippen LogP contribution is -2.32. The summed E-state index contributed by atoms with van der Waals surface area (Å²) in [6.07, 6.45) is -0.263. The third kappa shape index (κ3) is 9.01. The first-order valence-corrected chi connectivity index (χ1v) is 7.69. The fraction of sp³-hybridized carbons (Fsp3) is 0.400. The smallest absolute Gasteiger partial charge is 0.407 e. The molecule has 0 saturated heterocycles. The normalized spacial score (nSPS) is 12.0. The van der Waals surface area contributed by atoms with E-state index in [2.05, 4.69) is 17.2 Å². The Hall–Kier alpha value is -1.12. The topological polar surface area (TPSA) is 58.6 Å². The Morgan fingerprint density at radius 3 is 2.59 bits per heavy atom. The second-order valence-electron chi connectivity index (χ2n) is 4.42. The van der Waals surface area contributed by atoms with Gasteiger partial charge in [-0.2, -0.15) is 0 Å². The number of ether oxygens (including phenoxy) is 1. The highest BCUT2D eigenvalue weighted by Gasteiger charge is 2.22. The maximum Gasteiger partial charge on any atom is 0.407 e. The SMILES string of the molecule is O=C(NCC(C#Cc1ccccc1)CCO)OCC(Cl)(Cl)Cl. The fourth-order valence-corrected chi connectivity index (χ4v) is 1.66. The molecule has 0 aliphatic rings. The van der Waals surface area contributed by atoms with Crippen molar-refractivity contribution in [1.82, 2.24) is 5.32 Å². The molecule has 1 unspecified atom stereocenters. The number of amides is 1. The third-order valence-corrected chi connectivity index (χ3v) is 2.86. The molecule has 1 atom stereocenters. The number of halogens is 3. The Morgan fingerprint density at radius 2 is 2.00 bits per heavy atom. The van der Waals surface area contributed by atoms with Gasteiger partial charge in [0.1, 0.15) is 6.61 Å². The summed E-state index contributed by atoms with van der Waals surface area (Å²) in [6.45, 7) is -0.137. The number of hydrogen-bond donors (Lipinski definition) is 2. The maximum atomic E-state index is 11.5. The van der Waals surface area contributed by atoms with E-state index in [1.165, 1.54) is 0 Å². The predicted molar refractivity (Wildman–Crippen MR) is 88.2 cm³/mol. The maximum absolute atomic E-state index is 11.5. The average Bonchev–Trinajstić information content (AvgIpc) is 2.48. The number of carbonyl (C=O) groups is 1. The Balaban J connectivity index is 2.48. The Morgan fingerprint density at radius 1 is 1.32 bits per heavy atom. The van der Waals surface area contributed by atoms with E-state index in [0.29, 0.717) is 6.42 Å². The molecule has 1 amide bonds. The molecule has 7 heteroatoms. The van der Waals surface area contributed by atoms with E-state index >= 15 is 0 Å². The van der Waals surface area contributed by atoms with Gasteiger partial charge in [-0.3, -0.25) is 0 Å². The van der Waals surface area contributed by atoms with Crippen molar-refractivity contribution in [2.45, 2.75) is 10.2 Å². The van der Waals surface area contributed by atoms with Gasteiger partial charge in [0.25, 0.3) is 0 Å². The van der Waals surface area contributed by atoms with Gasteiger partial charge in [-0.1, -0.05) is 64.8 Å². The first-order chi connectivity index (χ1) is 10.4. The summed E-state index contributed by atoms with van der Waals surface area (Å²) in [7, 11) is 0. The lowest BCUT2D eigenvalue weighted by molar-refractivity contribution is 0.146. The van der Waals surface area contributed by atoms with E-state index < -0.39 is 9.89 Å². The van der Waals surface area contributed by atoms with Crippen molar-refractivity contribution in [2.24, 2.45) is 5.92 Å². The lowest BCUT2D eigenvalue weighted by Gasteiger charge is -2.14. The van der Waals surface area contributed by atoms with E-state index in [-0.39, 0.29) is 25.7 Å². The summed E-state index contributed by atoms with van der Waals surface area (Å²) < 4.78 is 3.10. The van der Waals surface area contributed by atoms with Crippen LogP contribution in [0.1, 0.15) is 12.0 Å². The quantitative estimate of drug-likeness (QED) is 0.623. The van der Waals surface area contributed by atoms with E-state index in [9.17, 15) is 4.79 Å². The highest BCUT2D eigenvalue weighted by atomic mass is 35.6. The van der Waals surface area contributed by atoms with E-state index in [1.54, 1.807) is 0 Å². The number of nitrogens with one attached hydrogen (secondary N) is 1. The van der Waals surface area contributed by atoms with E-state index in [1.807, 2.05) is 30.3 Å². The Labute approximate surface area is 144 Å². The molecule has 0 saturated carbocycles. The molecule has 0 heterocycles. The zero-order valence-corrected chi connectivity index (χ0v) is 14.0. The fourth-order valence-electron chi connectivity index (χ4n) is 1.49. The number of rotatable bonds is 5. The first kappa shape index (κ1) is 18.9. The molecule has 0 aromatic heterocycles. The van der Waals surface area contributed by atoms with E-state index in [4.69, 9.17) is 44.6 Å². The van der Waals surface area contributed by atoms with Crippen molar-refractivity contribution in [2.75, 3.05) is 19.8 Å². The van der Waals surface area contributed by atoms with Gasteiger partial charge >= 0.3 is 6.09 Å². The summed E-state index contributed by atoms with van der Waals surface area (Å²) in [4.78, 5) is 11.5. The Kier molecular flexibility index (Phi) is 8.44. The van der Waals surface area contributed by atoms with Crippen molar-refractivity contribution in [3.8, 4) is 11.8 Å². The number of benzene rings is 1. The van der Waals surface area contributed by atoms with Crippen molar-refractivity contribution >= 4 is 40.9 Å². The molecule has 1 aromatic carbocycles. The Bertz CT molecular complexity index is 520. The van der Waals surface area contributed by atoms with Crippen LogP contribution in [0.25, 0.3) is 0 Å². The van der Waals surface area contributed by atoms with Crippen molar-refractivity contribution < 1.29 is 14.6 Å². The minimum Gasteiger partial charge on any atom is -0.445 e. The molecule has 4 nitrogen and oxygen atoms in total. The van der Waals surface area contributed by atoms with Crippen molar-refractivity contribution in [3.63, 3.8) is 0 Å². The van der Waals surface area contributed by atoms with Crippen LogP contribution in [0.5, 0.6) is 0 Å². The van der Waals surface area contributed by atoms with Gasteiger partial charge in [-0.25, -0.2) is 4.79 Å². The second kappa shape index (κ2) is 9.81. The minimum absolute atomic E-state index is 0.0288. The second-order valence-corrected chi connectivity index (χ2v) is 6.93. The largest absolute Gasteiger partial charge is 0.445 e. The zero-order chi connectivity index (χ0) is 16.4. The molecular weight excluding hydrogens is 349 g/mol. The first-order valence-electron chi connectivity index (χ1n) is 6.55. The van der Waals surface area contributed by atoms with Crippen LogP contribution in [-0.4, -0.2) is 34.8 Å². The summed E-state index contributed by atoms with van der Waals surface area (Å²) in [5.41, 5.74) is 0.865. The van der Waals surface area contributed by atoms with Crippen LogP contribution in [0, 0.1) is 17.8 Å². The average molecular weight is 365 g/mol. The van der Waals surface area contributed by atoms with Gasteiger partial charge in [-0.15, -0.1) is 0 Å². The molecule has 0 aliphatic heterocycles. The summed E-state index contributed by atoms with van der Waals surface area (Å²) in [5.74, 6) is 5.80. The zero-order valence-electron chi connectivity index (χ0n) is 11.7. The number of aliphatic hydroxyl groups excluding tert-OH is 1. The number of aliphatic hydroxyl groups is 1. The van der Waals surface area contributed by atoms with Crippen LogP contribution in [0.2, 0.25) is 0 Å². The molecule has 2 N–H and O–H groups in total. The van der Waals surface area contributed by atoms with Gasteiger partial charge in [-0.05, 0) is 18.6 Å². The van der Waals surface area contributed by atoms with E-state index in [0.717, 1.165) is 5.56 Å². The van der Waals surface area contributed by atoms with Crippen LogP contribution in [0.4, 0.5) is 4.79 Å². The van der Waals surface area contributed by atoms with Crippen molar-refractivity contribution in [1.29, 1.82) is 0 Å². The molecular formula is C15H16Cl3NO3. The summed E-state index contributed by atoms with van der Waals surface area (Å²) in [6, 6.07) is 9.44. The van der Waals surface area contributed by atoms with Gasteiger partial charge in [0, 0.05) is 24.6 Å². The monoisotopic (exact) mass is 363 g/mol. The van der Waals surface area contributed by atoms with Crippen LogP contribution >= 0.6 is 34.8 Å². The van der Waals surface area contributed by atoms with Gasteiger partial charge in [0.2, 0.25) is 3.79 Å². The van der Waals surface area contributed by atoms with Gasteiger partial charge in [0.05, 0.1) is 0 Å². The van der Waals surface area contributed by atoms with Gasteiger partial charge in [0.15, 0.2) is 0 Å². The van der Waals surface area contributed by atoms with Crippen molar-refractivity contribution in [3.05, 3.63) is 35.9 Å². The van der Waals surface area contributed by atoms with Crippen LogP contribution < -0.4 is 5.32 Å².